The second-order valence-electron chi connectivity index (χ2n) is 4.19. The summed E-state index contributed by atoms with van der Waals surface area (Å²) in [5.41, 5.74) is 5.09. The first kappa shape index (κ1) is 15.4. The molecule has 0 atom stereocenters. The molecule has 0 aliphatic rings. The SMILES string of the molecule is Cl.Cn1cnc(S(=O)(=O)NCC(C)(C)N)c1. The van der Waals surface area contributed by atoms with Gasteiger partial charge < -0.3 is 10.3 Å². The molecule has 1 aromatic heterocycles. The van der Waals surface area contributed by atoms with Crippen molar-refractivity contribution in [1.29, 1.82) is 0 Å². The third-order valence-electron chi connectivity index (χ3n) is 1.67. The van der Waals surface area contributed by atoms with Crippen LogP contribution in [-0.2, 0) is 17.1 Å². The van der Waals surface area contributed by atoms with Crippen LogP contribution in [0.3, 0.4) is 0 Å². The Hall–Kier alpha value is -0.630. The molecule has 0 saturated heterocycles. The molecule has 0 aliphatic carbocycles. The highest BCUT2D eigenvalue weighted by atomic mass is 35.5. The van der Waals surface area contributed by atoms with Gasteiger partial charge in [0.05, 0.1) is 6.33 Å². The number of nitrogens with one attached hydrogen (secondary N) is 1. The average Bonchev–Trinajstić information content (AvgIpc) is 2.48. The van der Waals surface area contributed by atoms with Crippen LogP contribution in [0.5, 0.6) is 0 Å². The summed E-state index contributed by atoms with van der Waals surface area (Å²) in [5.74, 6) is 0. The van der Waals surface area contributed by atoms with E-state index in [4.69, 9.17) is 5.73 Å². The Morgan fingerprint density at radius 1 is 1.56 bits per heavy atom. The molecule has 94 valence electrons. The summed E-state index contributed by atoms with van der Waals surface area (Å²) in [6.45, 7) is 3.66. The molecule has 0 radical (unpaired) electrons. The second kappa shape index (κ2) is 5.13. The number of hydrogen-bond donors (Lipinski definition) is 2. The number of sulfonamides is 1. The summed E-state index contributed by atoms with van der Waals surface area (Å²) in [7, 11) is -1.83. The van der Waals surface area contributed by atoms with Crippen LogP contribution in [0.25, 0.3) is 0 Å². The van der Waals surface area contributed by atoms with Gasteiger partial charge in [-0.25, -0.2) is 18.1 Å². The molecular weight excluding hydrogens is 252 g/mol. The van der Waals surface area contributed by atoms with Crippen molar-refractivity contribution < 1.29 is 8.42 Å². The van der Waals surface area contributed by atoms with Crippen LogP contribution >= 0.6 is 12.4 Å². The number of rotatable bonds is 4. The fourth-order valence-corrected chi connectivity index (χ4v) is 2.08. The maximum absolute atomic E-state index is 11.6. The first-order chi connectivity index (χ1) is 6.71. The molecule has 6 nitrogen and oxygen atoms in total. The van der Waals surface area contributed by atoms with Crippen LogP contribution in [0.15, 0.2) is 17.6 Å². The molecule has 0 amide bonds. The van der Waals surface area contributed by atoms with Gasteiger partial charge in [-0.1, -0.05) is 0 Å². The summed E-state index contributed by atoms with van der Waals surface area (Å²) in [6.07, 6.45) is 2.87. The minimum atomic E-state index is -3.53. The van der Waals surface area contributed by atoms with E-state index in [0.29, 0.717) is 0 Å². The van der Waals surface area contributed by atoms with Crippen LogP contribution in [0.2, 0.25) is 0 Å². The van der Waals surface area contributed by atoms with E-state index in [0.717, 1.165) is 0 Å². The Morgan fingerprint density at radius 3 is 2.50 bits per heavy atom. The fourth-order valence-electron chi connectivity index (χ4n) is 0.883. The summed E-state index contributed by atoms with van der Waals surface area (Å²) >= 11 is 0. The summed E-state index contributed by atoms with van der Waals surface area (Å²) in [4.78, 5) is 3.76. The van der Waals surface area contributed by atoms with Gasteiger partial charge in [-0.3, -0.25) is 0 Å². The summed E-state index contributed by atoms with van der Waals surface area (Å²) in [6, 6.07) is 0. The molecule has 0 fully saturated rings. The minimum Gasteiger partial charge on any atom is -0.339 e. The number of nitrogens with two attached hydrogens (primary N) is 1. The first-order valence-corrected chi connectivity index (χ1v) is 5.95. The standard InChI is InChI=1S/C8H16N4O2S.ClH/c1-8(2,9)5-11-15(13,14)7-4-12(3)6-10-7;/h4,6,11H,5,9H2,1-3H3;1H. The van der Waals surface area contributed by atoms with Gasteiger partial charge in [0, 0.05) is 25.3 Å². The predicted octanol–water partition coefficient (Wildman–Crippen LogP) is -0.142. The Bertz CT molecular complexity index is 435. The highest BCUT2D eigenvalue weighted by Crippen LogP contribution is 2.04. The number of aromatic nitrogens is 2. The van der Waals surface area contributed by atoms with Crippen LogP contribution in [0.4, 0.5) is 0 Å². The van der Waals surface area contributed by atoms with Gasteiger partial charge in [-0.2, -0.15) is 0 Å². The van der Waals surface area contributed by atoms with E-state index in [-0.39, 0.29) is 24.0 Å². The Morgan fingerprint density at radius 2 is 2.12 bits per heavy atom. The van der Waals surface area contributed by atoms with Gasteiger partial charge in [0.2, 0.25) is 0 Å². The zero-order chi connectivity index (χ0) is 11.7. The van der Waals surface area contributed by atoms with E-state index < -0.39 is 15.6 Å². The number of halogens is 1. The smallest absolute Gasteiger partial charge is 0.259 e. The highest BCUT2D eigenvalue weighted by Gasteiger charge is 2.20. The normalized spacial score (nSPS) is 12.2. The van der Waals surface area contributed by atoms with E-state index in [9.17, 15) is 8.42 Å². The highest BCUT2D eigenvalue weighted by molar-refractivity contribution is 7.89. The van der Waals surface area contributed by atoms with E-state index in [2.05, 4.69) is 9.71 Å². The van der Waals surface area contributed by atoms with Gasteiger partial charge in [0.15, 0.2) is 5.03 Å². The van der Waals surface area contributed by atoms with E-state index in [1.807, 2.05) is 0 Å². The quantitative estimate of drug-likeness (QED) is 0.795. The number of aryl methyl sites for hydroxylation is 1. The molecule has 0 aliphatic heterocycles. The van der Waals surface area contributed by atoms with Crippen LogP contribution < -0.4 is 10.5 Å². The maximum atomic E-state index is 11.6. The molecule has 1 rings (SSSR count). The largest absolute Gasteiger partial charge is 0.339 e. The number of imidazole rings is 1. The zero-order valence-electron chi connectivity index (χ0n) is 9.47. The van der Waals surface area contributed by atoms with Crippen molar-refractivity contribution in [1.82, 2.24) is 14.3 Å². The van der Waals surface area contributed by atoms with Gasteiger partial charge in [0.1, 0.15) is 0 Å². The minimum absolute atomic E-state index is 0. The van der Waals surface area contributed by atoms with Gasteiger partial charge in [0.25, 0.3) is 10.0 Å². The lowest BCUT2D eigenvalue weighted by Gasteiger charge is -2.18. The third-order valence-corrected chi connectivity index (χ3v) is 2.96. The molecule has 0 unspecified atom stereocenters. The van der Waals surface area contributed by atoms with E-state index in [1.54, 1.807) is 25.5 Å². The van der Waals surface area contributed by atoms with Gasteiger partial charge in [-0.05, 0) is 13.8 Å². The van der Waals surface area contributed by atoms with Crippen molar-refractivity contribution in [2.45, 2.75) is 24.4 Å². The summed E-state index contributed by atoms with van der Waals surface area (Å²) in [5, 5.41) is 0.00856. The lowest BCUT2D eigenvalue weighted by molar-refractivity contribution is 0.497. The van der Waals surface area contributed by atoms with Gasteiger partial charge >= 0.3 is 0 Å². The molecule has 8 heteroatoms. The molecule has 1 heterocycles. The van der Waals surface area contributed by atoms with Crippen LogP contribution in [0.1, 0.15) is 13.8 Å². The third kappa shape index (κ3) is 4.48. The van der Waals surface area contributed by atoms with Crippen LogP contribution in [-0.4, -0.2) is 30.1 Å². The summed E-state index contributed by atoms with van der Waals surface area (Å²) < 4.78 is 27.3. The molecule has 16 heavy (non-hydrogen) atoms. The molecule has 0 spiro atoms. The first-order valence-electron chi connectivity index (χ1n) is 4.47. The molecular formula is C8H17ClN4O2S. The van der Waals surface area contributed by atoms with Gasteiger partial charge in [-0.15, -0.1) is 12.4 Å². The number of hydrogen-bond acceptors (Lipinski definition) is 4. The fraction of sp³-hybridized carbons (Fsp3) is 0.625. The number of nitrogens with zero attached hydrogens (tertiary/aromatic N) is 2. The van der Waals surface area contributed by atoms with Crippen molar-refractivity contribution in [3.8, 4) is 0 Å². The van der Waals surface area contributed by atoms with Crippen molar-refractivity contribution in [2.75, 3.05) is 6.54 Å². The van der Waals surface area contributed by atoms with Crippen molar-refractivity contribution in [3.05, 3.63) is 12.5 Å². The van der Waals surface area contributed by atoms with Crippen molar-refractivity contribution in [2.24, 2.45) is 12.8 Å². The Labute approximate surface area is 102 Å². The lowest BCUT2D eigenvalue weighted by Crippen LogP contribution is -2.45. The zero-order valence-corrected chi connectivity index (χ0v) is 11.1. The predicted molar refractivity (Wildman–Crippen MR) is 63.9 cm³/mol. The van der Waals surface area contributed by atoms with Crippen molar-refractivity contribution >= 4 is 22.4 Å². The average molecular weight is 269 g/mol. The van der Waals surface area contributed by atoms with E-state index in [1.165, 1.54) is 12.5 Å². The Balaban J connectivity index is 0.00000225. The topological polar surface area (TPSA) is 90.0 Å². The lowest BCUT2D eigenvalue weighted by atomic mass is 10.1. The molecule has 3 N–H and O–H groups in total. The maximum Gasteiger partial charge on any atom is 0.259 e. The molecule has 0 bridgehead atoms. The van der Waals surface area contributed by atoms with Crippen molar-refractivity contribution in [3.63, 3.8) is 0 Å². The molecule has 0 aromatic carbocycles. The monoisotopic (exact) mass is 268 g/mol. The molecule has 1 aromatic rings. The Kier molecular flexibility index (Phi) is 4.93. The molecule has 0 saturated carbocycles. The van der Waals surface area contributed by atoms with E-state index >= 15 is 0 Å². The second-order valence-corrected chi connectivity index (χ2v) is 5.90. The van der Waals surface area contributed by atoms with Crippen LogP contribution in [0, 0.1) is 0 Å².